The maximum Gasteiger partial charge on any atom is 0.256 e. The van der Waals surface area contributed by atoms with Gasteiger partial charge in [0, 0.05) is 19.2 Å². The van der Waals surface area contributed by atoms with Crippen molar-refractivity contribution in [1.82, 2.24) is 4.90 Å². The number of ether oxygens (including phenoxy) is 1. The van der Waals surface area contributed by atoms with Gasteiger partial charge in [0.15, 0.2) is 0 Å². The van der Waals surface area contributed by atoms with Gasteiger partial charge in [-0.05, 0) is 73.8 Å². The minimum Gasteiger partial charge on any atom is -0.493 e. The zero-order valence-corrected chi connectivity index (χ0v) is 16.7. The maximum atomic E-state index is 14.8. The number of benzene rings is 1. The Hall–Kier alpha value is -1.58. The lowest BCUT2D eigenvalue weighted by molar-refractivity contribution is 0.0787. The predicted octanol–water partition coefficient (Wildman–Crippen LogP) is 5.53. The van der Waals surface area contributed by atoms with Crippen LogP contribution in [0.4, 0.5) is 4.39 Å². The number of hydrogen-bond donors (Lipinski definition) is 0. The van der Waals surface area contributed by atoms with Gasteiger partial charge in [0.05, 0.1) is 12.2 Å². The molecule has 1 aliphatic heterocycles. The molecular formula is C23H32FNO2. The normalized spacial score (nSPS) is 24.9. The quantitative estimate of drug-likeness (QED) is 0.679. The molecule has 4 heteroatoms. The van der Waals surface area contributed by atoms with Gasteiger partial charge in [-0.2, -0.15) is 0 Å². The van der Waals surface area contributed by atoms with Crippen molar-refractivity contribution >= 4 is 5.91 Å². The fraction of sp³-hybridized carbons (Fsp3) is 0.696. The van der Waals surface area contributed by atoms with E-state index in [2.05, 4.69) is 13.8 Å². The number of likely N-dealkylation sites (tertiary alicyclic amines) is 1. The Morgan fingerprint density at radius 3 is 2.59 bits per heavy atom. The number of halogens is 1. The zero-order valence-electron chi connectivity index (χ0n) is 16.7. The van der Waals surface area contributed by atoms with E-state index in [1.165, 1.54) is 31.7 Å². The summed E-state index contributed by atoms with van der Waals surface area (Å²) in [6.45, 7) is 6.79. The molecule has 148 valence electrons. The average Bonchev–Trinajstić information content (AvgIpc) is 3.32. The number of amides is 1. The number of carbonyl (C=O) groups is 1. The molecule has 1 atom stereocenters. The van der Waals surface area contributed by atoms with E-state index >= 15 is 0 Å². The molecule has 1 aromatic carbocycles. The lowest BCUT2D eigenvalue weighted by Gasteiger charge is -2.35. The second-order valence-corrected chi connectivity index (χ2v) is 9.58. The molecule has 3 aliphatic rings. The van der Waals surface area contributed by atoms with E-state index in [1.807, 2.05) is 0 Å². The first-order chi connectivity index (χ1) is 12.9. The van der Waals surface area contributed by atoms with Gasteiger partial charge >= 0.3 is 0 Å². The van der Waals surface area contributed by atoms with Crippen molar-refractivity contribution in [3.63, 3.8) is 0 Å². The molecule has 1 aromatic rings. The summed E-state index contributed by atoms with van der Waals surface area (Å²) in [5, 5.41) is 0. The van der Waals surface area contributed by atoms with E-state index in [9.17, 15) is 9.18 Å². The van der Waals surface area contributed by atoms with Crippen LogP contribution in [0, 0.1) is 17.2 Å². The molecule has 0 bridgehead atoms. The summed E-state index contributed by atoms with van der Waals surface area (Å²) in [5.74, 6) is 1.03. The number of hydrogen-bond acceptors (Lipinski definition) is 2. The third kappa shape index (κ3) is 4.30. The van der Waals surface area contributed by atoms with Crippen LogP contribution in [0.5, 0.6) is 5.75 Å². The monoisotopic (exact) mass is 373 g/mol. The van der Waals surface area contributed by atoms with E-state index in [4.69, 9.17) is 4.74 Å². The van der Waals surface area contributed by atoms with E-state index in [0.29, 0.717) is 29.6 Å². The maximum absolute atomic E-state index is 14.8. The fourth-order valence-electron chi connectivity index (χ4n) is 4.87. The Kier molecular flexibility index (Phi) is 5.17. The fourth-order valence-corrected chi connectivity index (χ4v) is 4.87. The molecule has 1 saturated heterocycles. The first-order valence-electron chi connectivity index (χ1n) is 10.7. The molecule has 0 spiro atoms. The van der Waals surface area contributed by atoms with Gasteiger partial charge in [-0.25, -0.2) is 4.39 Å². The Bertz CT molecular complexity index is 705. The molecule has 1 amide bonds. The molecule has 2 saturated carbocycles. The summed E-state index contributed by atoms with van der Waals surface area (Å²) in [5.41, 5.74) is 1.64. The number of rotatable bonds is 5. The van der Waals surface area contributed by atoms with Gasteiger partial charge < -0.3 is 9.64 Å². The van der Waals surface area contributed by atoms with Crippen molar-refractivity contribution in [3.8, 4) is 5.75 Å². The molecule has 3 fully saturated rings. The van der Waals surface area contributed by atoms with Gasteiger partial charge in [-0.3, -0.25) is 4.79 Å². The summed E-state index contributed by atoms with van der Waals surface area (Å²) in [6.07, 6.45) is 9.12. The molecule has 27 heavy (non-hydrogen) atoms. The van der Waals surface area contributed by atoms with E-state index < -0.39 is 5.82 Å². The van der Waals surface area contributed by atoms with Gasteiger partial charge in [0.2, 0.25) is 0 Å². The average molecular weight is 374 g/mol. The van der Waals surface area contributed by atoms with Crippen LogP contribution in [0.3, 0.4) is 0 Å². The van der Waals surface area contributed by atoms with E-state index in [-0.39, 0.29) is 11.5 Å². The first-order valence-corrected chi connectivity index (χ1v) is 10.7. The van der Waals surface area contributed by atoms with Crippen molar-refractivity contribution in [3.05, 3.63) is 29.1 Å². The van der Waals surface area contributed by atoms with Crippen LogP contribution in [0.25, 0.3) is 0 Å². The third-order valence-corrected chi connectivity index (χ3v) is 6.52. The third-order valence-electron chi connectivity index (χ3n) is 6.52. The summed E-state index contributed by atoms with van der Waals surface area (Å²) in [7, 11) is 0. The number of carbonyl (C=O) groups excluding carboxylic acids is 1. The lowest BCUT2D eigenvalue weighted by atomic mass is 9.72. The van der Waals surface area contributed by atoms with Crippen LogP contribution in [0.15, 0.2) is 12.1 Å². The standard InChI is InChI=1S/C23H32FNO2/c1-23(2)9-5-6-16(14-23)15-27-21-13-20(24)19(12-18(21)17-7-8-17)22(26)25-10-3-4-11-25/h12-13,16-17H,3-11,14-15H2,1-2H3. The highest BCUT2D eigenvalue weighted by atomic mass is 19.1. The lowest BCUT2D eigenvalue weighted by Crippen LogP contribution is -2.28. The highest BCUT2D eigenvalue weighted by Gasteiger charge is 2.32. The van der Waals surface area contributed by atoms with Crippen LogP contribution in [-0.2, 0) is 0 Å². The van der Waals surface area contributed by atoms with E-state index in [0.717, 1.165) is 44.3 Å². The molecule has 4 rings (SSSR count). The van der Waals surface area contributed by atoms with Crippen LogP contribution < -0.4 is 4.74 Å². The van der Waals surface area contributed by atoms with Crippen molar-refractivity contribution < 1.29 is 13.9 Å². The predicted molar refractivity (Wildman–Crippen MR) is 105 cm³/mol. The molecule has 0 N–H and O–H groups in total. The summed E-state index contributed by atoms with van der Waals surface area (Å²) in [6, 6.07) is 3.26. The van der Waals surface area contributed by atoms with Crippen LogP contribution in [-0.4, -0.2) is 30.5 Å². The Morgan fingerprint density at radius 1 is 1.19 bits per heavy atom. The molecule has 3 nitrogen and oxygen atoms in total. The Balaban J connectivity index is 1.50. The topological polar surface area (TPSA) is 29.5 Å². The first kappa shape index (κ1) is 18.8. The van der Waals surface area contributed by atoms with Crippen LogP contribution in [0.2, 0.25) is 0 Å². The Labute approximate surface area is 162 Å². The summed E-state index contributed by atoms with van der Waals surface area (Å²) >= 11 is 0. The second kappa shape index (κ2) is 7.44. The highest BCUT2D eigenvalue weighted by molar-refractivity contribution is 5.95. The van der Waals surface area contributed by atoms with Gasteiger partial charge in [0.25, 0.3) is 5.91 Å². The van der Waals surface area contributed by atoms with Crippen LogP contribution >= 0.6 is 0 Å². The zero-order chi connectivity index (χ0) is 19.0. The number of nitrogens with zero attached hydrogens (tertiary/aromatic N) is 1. The minimum atomic E-state index is -0.435. The van der Waals surface area contributed by atoms with Crippen molar-refractivity contribution in [2.24, 2.45) is 11.3 Å². The second-order valence-electron chi connectivity index (χ2n) is 9.58. The van der Waals surface area contributed by atoms with Gasteiger partial charge in [0.1, 0.15) is 11.6 Å². The molecule has 1 unspecified atom stereocenters. The van der Waals surface area contributed by atoms with Crippen molar-refractivity contribution in [2.75, 3.05) is 19.7 Å². The molecule has 2 aliphatic carbocycles. The molecular weight excluding hydrogens is 341 g/mol. The SMILES string of the molecule is CC1(C)CCCC(COc2cc(F)c(C(=O)N3CCCC3)cc2C2CC2)C1. The summed E-state index contributed by atoms with van der Waals surface area (Å²) < 4.78 is 20.9. The van der Waals surface area contributed by atoms with E-state index in [1.54, 1.807) is 11.0 Å². The molecule has 1 heterocycles. The van der Waals surface area contributed by atoms with Gasteiger partial charge in [-0.15, -0.1) is 0 Å². The largest absolute Gasteiger partial charge is 0.493 e. The molecule has 0 aromatic heterocycles. The van der Waals surface area contributed by atoms with Crippen molar-refractivity contribution in [1.29, 1.82) is 0 Å². The molecule has 0 radical (unpaired) electrons. The van der Waals surface area contributed by atoms with Gasteiger partial charge in [-0.1, -0.05) is 20.3 Å². The summed E-state index contributed by atoms with van der Waals surface area (Å²) in [4.78, 5) is 14.5. The van der Waals surface area contributed by atoms with Crippen molar-refractivity contribution in [2.45, 2.75) is 71.1 Å². The highest BCUT2D eigenvalue weighted by Crippen LogP contribution is 2.46. The Morgan fingerprint density at radius 2 is 1.93 bits per heavy atom. The minimum absolute atomic E-state index is 0.160. The van der Waals surface area contributed by atoms with Crippen LogP contribution in [0.1, 0.15) is 87.1 Å². The smallest absolute Gasteiger partial charge is 0.256 e.